The first-order valence-electron chi connectivity index (χ1n) is 12.6. The van der Waals surface area contributed by atoms with E-state index in [4.69, 9.17) is 9.47 Å². The van der Waals surface area contributed by atoms with E-state index in [2.05, 4.69) is 22.3 Å². The number of amides is 1. The Morgan fingerprint density at radius 3 is 2.23 bits per heavy atom. The molecule has 10 heteroatoms. The van der Waals surface area contributed by atoms with Crippen molar-refractivity contribution in [2.24, 2.45) is 0 Å². The lowest BCUT2D eigenvalue weighted by atomic mass is 10.1. The molecule has 39 heavy (non-hydrogen) atoms. The molecule has 0 radical (unpaired) electrons. The number of nitrogens with one attached hydrogen (secondary N) is 1. The topological polar surface area (TPSA) is 78.3 Å². The number of hydrogen-bond acceptors (Lipinski definition) is 5. The molecular formula is C29H29F3N4O3. The SMILES string of the molecule is CCCCOc1ccc(C(=O)Nc2ccc(-n3nc(OC(C)C)nc3-c3ccc(C(F)(F)F)cc3)cc2)cc1. The van der Waals surface area contributed by atoms with Crippen molar-refractivity contribution in [3.63, 3.8) is 0 Å². The van der Waals surface area contributed by atoms with Crippen LogP contribution in [0.4, 0.5) is 18.9 Å². The van der Waals surface area contributed by atoms with Crippen molar-refractivity contribution in [2.45, 2.75) is 45.9 Å². The standard InChI is InChI=1S/C29H29F3N4O3/c1-4-5-18-38-25-16-8-21(9-17-25)27(37)33-23-12-14-24(15-13-23)36-26(34-28(35-36)39-19(2)3)20-6-10-22(11-7-20)29(30,31)32/h6-17,19H,4-5,18H2,1-3H3,(H,33,37). The zero-order chi connectivity index (χ0) is 28.0. The van der Waals surface area contributed by atoms with Crippen molar-refractivity contribution in [2.75, 3.05) is 11.9 Å². The van der Waals surface area contributed by atoms with Gasteiger partial charge in [-0.3, -0.25) is 4.79 Å². The Morgan fingerprint density at radius 2 is 1.64 bits per heavy atom. The molecule has 0 saturated heterocycles. The molecule has 0 aliphatic carbocycles. The van der Waals surface area contributed by atoms with Crippen LogP contribution in [0.3, 0.4) is 0 Å². The van der Waals surface area contributed by atoms with Crippen LogP contribution in [0.2, 0.25) is 0 Å². The first kappa shape index (κ1) is 27.7. The molecule has 3 aromatic carbocycles. The average molecular weight is 539 g/mol. The monoisotopic (exact) mass is 538 g/mol. The van der Waals surface area contributed by atoms with Crippen molar-refractivity contribution in [3.8, 4) is 28.8 Å². The van der Waals surface area contributed by atoms with E-state index in [1.807, 2.05) is 13.8 Å². The van der Waals surface area contributed by atoms with Gasteiger partial charge in [0.1, 0.15) is 5.75 Å². The lowest BCUT2D eigenvalue weighted by molar-refractivity contribution is -0.137. The molecule has 4 aromatic rings. The number of carbonyl (C=O) groups is 1. The first-order valence-corrected chi connectivity index (χ1v) is 12.6. The zero-order valence-corrected chi connectivity index (χ0v) is 21.8. The fourth-order valence-electron chi connectivity index (χ4n) is 3.66. The van der Waals surface area contributed by atoms with E-state index >= 15 is 0 Å². The largest absolute Gasteiger partial charge is 0.494 e. The molecule has 0 bridgehead atoms. The van der Waals surface area contributed by atoms with Crippen LogP contribution in [0.25, 0.3) is 17.1 Å². The minimum absolute atomic E-state index is 0.0967. The number of unbranched alkanes of at least 4 members (excludes halogenated alkanes) is 1. The summed E-state index contributed by atoms with van der Waals surface area (Å²) in [4.78, 5) is 17.1. The quantitative estimate of drug-likeness (QED) is 0.217. The van der Waals surface area contributed by atoms with Gasteiger partial charge in [0, 0.05) is 16.8 Å². The van der Waals surface area contributed by atoms with Gasteiger partial charge in [0.15, 0.2) is 5.82 Å². The number of nitrogens with zero attached hydrogens (tertiary/aromatic N) is 3. The molecule has 0 unspecified atom stereocenters. The molecule has 0 aliphatic heterocycles. The molecule has 0 fully saturated rings. The Hall–Kier alpha value is -4.34. The highest BCUT2D eigenvalue weighted by Gasteiger charge is 2.30. The lowest BCUT2D eigenvalue weighted by Gasteiger charge is -2.10. The van der Waals surface area contributed by atoms with Crippen LogP contribution in [-0.4, -0.2) is 33.4 Å². The van der Waals surface area contributed by atoms with Crippen molar-refractivity contribution in [1.29, 1.82) is 0 Å². The number of rotatable bonds is 10. The van der Waals surface area contributed by atoms with Gasteiger partial charge < -0.3 is 14.8 Å². The third kappa shape index (κ3) is 7.16. The minimum Gasteiger partial charge on any atom is -0.494 e. The molecule has 0 spiro atoms. The second-order valence-electron chi connectivity index (χ2n) is 9.10. The van der Waals surface area contributed by atoms with Gasteiger partial charge in [0.25, 0.3) is 5.91 Å². The second kappa shape index (κ2) is 12.0. The third-order valence-corrected chi connectivity index (χ3v) is 5.65. The summed E-state index contributed by atoms with van der Waals surface area (Å²) in [6, 6.07) is 18.6. The molecule has 4 rings (SSSR count). The maximum absolute atomic E-state index is 13.0. The molecule has 1 N–H and O–H groups in total. The van der Waals surface area contributed by atoms with Crippen LogP contribution in [-0.2, 0) is 6.18 Å². The number of hydrogen-bond donors (Lipinski definition) is 1. The maximum Gasteiger partial charge on any atom is 0.416 e. The Balaban J connectivity index is 1.52. The van der Waals surface area contributed by atoms with Crippen LogP contribution in [0.5, 0.6) is 11.8 Å². The van der Waals surface area contributed by atoms with Gasteiger partial charge in [-0.15, -0.1) is 5.10 Å². The molecule has 7 nitrogen and oxygen atoms in total. The molecular weight excluding hydrogens is 509 g/mol. The van der Waals surface area contributed by atoms with Crippen molar-refractivity contribution < 1.29 is 27.4 Å². The second-order valence-corrected chi connectivity index (χ2v) is 9.10. The molecule has 0 atom stereocenters. The molecule has 0 aliphatic rings. The molecule has 1 amide bonds. The van der Waals surface area contributed by atoms with Crippen LogP contribution in [0.15, 0.2) is 72.8 Å². The van der Waals surface area contributed by atoms with Gasteiger partial charge in [-0.25, -0.2) is 4.68 Å². The smallest absolute Gasteiger partial charge is 0.416 e. The highest BCUT2D eigenvalue weighted by atomic mass is 19.4. The highest BCUT2D eigenvalue weighted by Crippen LogP contribution is 2.32. The maximum atomic E-state index is 13.0. The van der Waals surface area contributed by atoms with E-state index in [1.165, 1.54) is 16.8 Å². The van der Waals surface area contributed by atoms with E-state index < -0.39 is 11.7 Å². The summed E-state index contributed by atoms with van der Waals surface area (Å²) in [5, 5.41) is 7.25. The van der Waals surface area contributed by atoms with E-state index in [1.54, 1.807) is 48.5 Å². The molecule has 0 saturated carbocycles. The third-order valence-electron chi connectivity index (χ3n) is 5.65. The Kier molecular flexibility index (Phi) is 8.53. The summed E-state index contributed by atoms with van der Waals surface area (Å²) < 4.78 is 51.9. The summed E-state index contributed by atoms with van der Waals surface area (Å²) in [6.45, 7) is 6.36. The van der Waals surface area contributed by atoms with Gasteiger partial charge >= 0.3 is 12.2 Å². The predicted molar refractivity (Wildman–Crippen MR) is 142 cm³/mol. The fraction of sp³-hybridized carbons (Fsp3) is 0.276. The van der Waals surface area contributed by atoms with Crippen LogP contribution in [0, 0.1) is 0 Å². The fourth-order valence-corrected chi connectivity index (χ4v) is 3.66. The van der Waals surface area contributed by atoms with Crippen molar-refractivity contribution in [3.05, 3.63) is 83.9 Å². The number of benzene rings is 3. The summed E-state index contributed by atoms with van der Waals surface area (Å²) in [5.41, 5.74) is 1.31. The Morgan fingerprint density at radius 1 is 0.974 bits per heavy atom. The molecule has 1 aromatic heterocycles. The minimum atomic E-state index is -4.44. The highest BCUT2D eigenvalue weighted by molar-refractivity contribution is 6.04. The lowest BCUT2D eigenvalue weighted by Crippen LogP contribution is -2.12. The van der Waals surface area contributed by atoms with E-state index in [-0.39, 0.29) is 18.0 Å². The summed E-state index contributed by atoms with van der Waals surface area (Å²) in [6.07, 6.45) is -2.64. The van der Waals surface area contributed by atoms with Crippen LogP contribution >= 0.6 is 0 Å². The van der Waals surface area contributed by atoms with Gasteiger partial charge in [-0.05, 0) is 80.9 Å². The van der Waals surface area contributed by atoms with Crippen LogP contribution < -0.4 is 14.8 Å². The van der Waals surface area contributed by atoms with Gasteiger partial charge in [-0.1, -0.05) is 25.5 Å². The molecule has 204 valence electrons. The number of alkyl halides is 3. The van der Waals surface area contributed by atoms with Crippen molar-refractivity contribution in [1.82, 2.24) is 14.8 Å². The Labute approximate surface area is 224 Å². The summed E-state index contributed by atoms with van der Waals surface area (Å²) in [5.74, 6) is 0.751. The number of anilines is 1. The first-order chi connectivity index (χ1) is 18.6. The van der Waals surface area contributed by atoms with Crippen LogP contribution in [0.1, 0.15) is 49.5 Å². The Bertz CT molecular complexity index is 1380. The zero-order valence-electron chi connectivity index (χ0n) is 21.8. The summed E-state index contributed by atoms with van der Waals surface area (Å²) >= 11 is 0. The number of aromatic nitrogens is 3. The van der Waals surface area contributed by atoms with Crippen molar-refractivity contribution >= 4 is 11.6 Å². The number of halogens is 3. The van der Waals surface area contributed by atoms with Gasteiger partial charge in [-0.2, -0.15) is 18.2 Å². The average Bonchev–Trinajstić information content (AvgIpc) is 3.32. The molecule has 1 heterocycles. The van der Waals surface area contributed by atoms with Gasteiger partial charge in [0.05, 0.1) is 24.0 Å². The number of carbonyl (C=O) groups excluding carboxylic acids is 1. The van der Waals surface area contributed by atoms with Gasteiger partial charge in [0.2, 0.25) is 0 Å². The number of ether oxygens (including phenoxy) is 2. The van der Waals surface area contributed by atoms with E-state index in [9.17, 15) is 18.0 Å². The van der Waals surface area contributed by atoms with E-state index in [0.29, 0.717) is 40.7 Å². The predicted octanol–water partition coefficient (Wildman–Crippen LogP) is 7.17. The summed E-state index contributed by atoms with van der Waals surface area (Å²) in [7, 11) is 0. The van der Waals surface area contributed by atoms with E-state index in [0.717, 1.165) is 25.0 Å². The normalized spacial score (nSPS) is 11.5.